The van der Waals surface area contributed by atoms with Gasteiger partial charge in [-0.25, -0.2) is 4.68 Å². The number of carbonyl (C=O) groups is 1. The van der Waals surface area contributed by atoms with Crippen molar-refractivity contribution < 1.29 is 9.53 Å². The maximum absolute atomic E-state index is 12.7. The van der Waals surface area contributed by atoms with Gasteiger partial charge in [-0.15, -0.1) is 0 Å². The van der Waals surface area contributed by atoms with Gasteiger partial charge in [0.1, 0.15) is 11.4 Å². The third-order valence-corrected chi connectivity index (χ3v) is 4.58. The number of ether oxygens (including phenoxy) is 1. The van der Waals surface area contributed by atoms with Crippen LogP contribution in [0.25, 0.3) is 16.6 Å². The number of carbonyl (C=O) groups excluding carboxylic acids is 1. The largest absolute Gasteiger partial charge is 0.494 e. The van der Waals surface area contributed by atoms with E-state index in [1.165, 1.54) is 0 Å². The van der Waals surface area contributed by atoms with E-state index in [2.05, 4.69) is 10.4 Å². The van der Waals surface area contributed by atoms with Crippen molar-refractivity contribution in [2.24, 2.45) is 7.05 Å². The maximum atomic E-state index is 12.7. The molecule has 2 heterocycles. The number of rotatable bonds is 4. The fraction of sp³-hybridized carbons (Fsp3) is 0.143. The molecule has 0 bridgehead atoms. The second-order valence-corrected chi connectivity index (χ2v) is 6.44. The lowest BCUT2D eigenvalue weighted by Crippen LogP contribution is -2.13. The molecule has 2 aromatic heterocycles. The van der Waals surface area contributed by atoms with E-state index in [9.17, 15) is 4.79 Å². The number of aryl methyl sites for hydroxylation is 2. The Labute approximate surface area is 157 Å². The Morgan fingerprint density at radius 1 is 1.11 bits per heavy atom. The lowest BCUT2D eigenvalue weighted by molar-refractivity contribution is 0.102. The molecule has 2 aromatic carbocycles. The highest BCUT2D eigenvalue weighted by atomic mass is 16.5. The van der Waals surface area contributed by atoms with E-state index in [0.717, 1.165) is 27.8 Å². The summed E-state index contributed by atoms with van der Waals surface area (Å²) >= 11 is 0. The Morgan fingerprint density at radius 3 is 2.78 bits per heavy atom. The van der Waals surface area contributed by atoms with Crippen molar-refractivity contribution in [1.29, 1.82) is 0 Å². The molecule has 0 atom stereocenters. The lowest BCUT2D eigenvalue weighted by atomic mass is 10.2. The standard InChI is InChI=1S/C21H20N4O2/c1-14-7-8-20(27-3)19(13-14)25-12-10-17(23-25)21(26)22-16-5-4-6-18-15(16)9-11-24(18)2/h4-13H,1-3H3,(H,22,26). The third-order valence-electron chi connectivity index (χ3n) is 4.58. The summed E-state index contributed by atoms with van der Waals surface area (Å²) in [6.45, 7) is 2.00. The van der Waals surface area contributed by atoms with Crippen molar-refractivity contribution in [2.75, 3.05) is 12.4 Å². The monoisotopic (exact) mass is 360 g/mol. The minimum Gasteiger partial charge on any atom is -0.494 e. The molecule has 4 aromatic rings. The molecule has 1 N–H and O–H groups in total. The van der Waals surface area contributed by atoms with E-state index in [1.54, 1.807) is 24.1 Å². The SMILES string of the molecule is COc1ccc(C)cc1-n1ccc(C(=O)Nc2cccc3c2ccn3C)n1. The Morgan fingerprint density at radius 2 is 1.96 bits per heavy atom. The summed E-state index contributed by atoms with van der Waals surface area (Å²) in [6, 6.07) is 15.3. The van der Waals surface area contributed by atoms with Gasteiger partial charge in [0.05, 0.1) is 12.8 Å². The number of anilines is 1. The predicted octanol–water partition coefficient (Wildman–Crippen LogP) is 3.93. The molecule has 1 amide bonds. The molecule has 0 saturated carbocycles. The van der Waals surface area contributed by atoms with Crippen LogP contribution in [0.4, 0.5) is 5.69 Å². The summed E-state index contributed by atoms with van der Waals surface area (Å²) in [5.74, 6) is 0.446. The normalized spacial score (nSPS) is 10.9. The quantitative estimate of drug-likeness (QED) is 0.600. The van der Waals surface area contributed by atoms with Crippen LogP contribution < -0.4 is 10.1 Å². The first-order valence-corrected chi connectivity index (χ1v) is 8.63. The highest BCUT2D eigenvalue weighted by Gasteiger charge is 2.14. The van der Waals surface area contributed by atoms with Crippen molar-refractivity contribution >= 4 is 22.5 Å². The van der Waals surface area contributed by atoms with Crippen molar-refractivity contribution in [3.05, 3.63) is 72.2 Å². The van der Waals surface area contributed by atoms with Crippen LogP contribution in [-0.2, 0) is 7.05 Å². The zero-order valence-electron chi connectivity index (χ0n) is 15.4. The number of hydrogen-bond acceptors (Lipinski definition) is 3. The summed E-state index contributed by atoms with van der Waals surface area (Å²) in [4.78, 5) is 12.7. The number of aromatic nitrogens is 3. The Bertz CT molecular complexity index is 1140. The van der Waals surface area contributed by atoms with E-state index < -0.39 is 0 Å². The molecule has 0 unspecified atom stereocenters. The van der Waals surface area contributed by atoms with Gasteiger partial charge in [0, 0.05) is 30.3 Å². The van der Waals surface area contributed by atoms with Crippen LogP contribution in [0.2, 0.25) is 0 Å². The summed E-state index contributed by atoms with van der Waals surface area (Å²) in [7, 11) is 3.59. The van der Waals surface area contributed by atoms with E-state index in [1.807, 2.05) is 67.2 Å². The molecule has 0 aliphatic rings. The average Bonchev–Trinajstić information content (AvgIpc) is 3.30. The highest BCUT2D eigenvalue weighted by Crippen LogP contribution is 2.25. The van der Waals surface area contributed by atoms with E-state index in [4.69, 9.17) is 4.74 Å². The van der Waals surface area contributed by atoms with Gasteiger partial charge in [-0.2, -0.15) is 5.10 Å². The number of amides is 1. The van der Waals surface area contributed by atoms with Gasteiger partial charge in [-0.1, -0.05) is 12.1 Å². The van der Waals surface area contributed by atoms with E-state index >= 15 is 0 Å². The first kappa shape index (κ1) is 16.9. The van der Waals surface area contributed by atoms with Crippen LogP contribution in [0, 0.1) is 6.92 Å². The first-order valence-electron chi connectivity index (χ1n) is 8.63. The molecular weight excluding hydrogens is 340 g/mol. The van der Waals surface area contributed by atoms with Crippen LogP contribution in [0.15, 0.2) is 60.9 Å². The number of nitrogens with zero attached hydrogens (tertiary/aromatic N) is 3. The maximum Gasteiger partial charge on any atom is 0.276 e. The summed E-state index contributed by atoms with van der Waals surface area (Å²) in [5.41, 5.74) is 4.04. The summed E-state index contributed by atoms with van der Waals surface area (Å²) < 4.78 is 9.08. The minimum absolute atomic E-state index is 0.253. The van der Waals surface area contributed by atoms with Crippen LogP contribution >= 0.6 is 0 Å². The van der Waals surface area contributed by atoms with Gasteiger partial charge in [-0.05, 0) is 48.9 Å². The second kappa shape index (κ2) is 6.64. The molecule has 0 aliphatic heterocycles. The Kier molecular flexibility index (Phi) is 4.16. The number of nitrogens with one attached hydrogen (secondary N) is 1. The van der Waals surface area contributed by atoms with Crippen LogP contribution in [0.5, 0.6) is 5.75 Å². The Hall–Kier alpha value is -3.54. The summed E-state index contributed by atoms with van der Waals surface area (Å²) in [6.07, 6.45) is 3.73. The molecule has 0 aliphatic carbocycles. The minimum atomic E-state index is -0.253. The lowest BCUT2D eigenvalue weighted by Gasteiger charge is -2.09. The molecule has 27 heavy (non-hydrogen) atoms. The van der Waals surface area contributed by atoms with Gasteiger partial charge in [0.25, 0.3) is 5.91 Å². The van der Waals surface area contributed by atoms with E-state index in [-0.39, 0.29) is 5.91 Å². The molecule has 6 nitrogen and oxygen atoms in total. The van der Waals surface area contributed by atoms with Gasteiger partial charge in [0.2, 0.25) is 0 Å². The molecular formula is C21H20N4O2. The smallest absolute Gasteiger partial charge is 0.276 e. The Balaban J connectivity index is 1.63. The van der Waals surface area contributed by atoms with Crippen molar-refractivity contribution in [3.63, 3.8) is 0 Å². The van der Waals surface area contributed by atoms with E-state index in [0.29, 0.717) is 11.4 Å². The van der Waals surface area contributed by atoms with Gasteiger partial charge < -0.3 is 14.6 Å². The summed E-state index contributed by atoms with van der Waals surface area (Å²) in [5, 5.41) is 8.38. The highest BCUT2D eigenvalue weighted by molar-refractivity contribution is 6.07. The molecule has 4 rings (SSSR count). The van der Waals surface area contributed by atoms with Crippen LogP contribution in [0.1, 0.15) is 16.1 Å². The molecule has 0 spiro atoms. The molecule has 136 valence electrons. The molecule has 6 heteroatoms. The zero-order chi connectivity index (χ0) is 19.0. The van der Waals surface area contributed by atoms with Crippen molar-refractivity contribution in [2.45, 2.75) is 6.92 Å². The van der Waals surface area contributed by atoms with Crippen molar-refractivity contribution in [1.82, 2.24) is 14.3 Å². The zero-order valence-corrected chi connectivity index (χ0v) is 15.4. The average molecular weight is 360 g/mol. The van der Waals surface area contributed by atoms with Crippen LogP contribution in [0.3, 0.4) is 0 Å². The van der Waals surface area contributed by atoms with Gasteiger partial charge in [-0.3, -0.25) is 4.79 Å². The molecule has 0 saturated heterocycles. The van der Waals surface area contributed by atoms with Gasteiger partial charge in [0.15, 0.2) is 5.69 Å². The van der Waals surface area contributed by atoms with Crippen molar-refractivity contribution in [3.8, 4) is 11.4 Å². The fourth-order valence-electron chi connectivity index (χ4n) is 3.16. The number of fused-ring (bicyclic) bond motifs is 1. The number of hydrogen-bond donors (Lipinski definition) is 1. The van der Waals surface area contributed by atoms with Gasteiger partial charge >= 0.3 is 0 Å². The molecule has 0 radical (unpaired) electrons. The first-order chi connectivity index (χ1) is 13.1. The molecule has 0 fully saturated rings. The predicted molar refractivity (Wildman–Crippen MR) is 106 cm³/mol. The second-order valence-electron chi connectivity index (χ2n) is 6.44. The number of methoxy groups -OCH3 is 1. The number of benzene rings is 2. The third kappa shape index (κ3) is 3.06. The van der Waals surface area contributed by atoms with Crippen LogP contribution in [-0.4, -0.2) is 27.4 Å². The topological polar surface area (TPSA) is 61.1 Å². The fourth-order valence-corrected chi connectivity index (χ4v) is 3.16.